The van der Waals surface area contributed by atoms with Gasteiger partial charge in [-0.25, -0.2) is 19.3 Å². The van der Waals surface area contributed by atoms with E-state index >= 15 is 0 Å². The molecule has 0 unspecified atom stereocenters. The van der Waals surface area contributed by atoms with Crippen LogP contribution in [0, 0.1) is 27.7 Å². The van der Waals surface area contributed by atoms with Crippen LogP contribution in [0.1, 0.15) is 106 Å². The van der Waals surface area contributed by atoms with Crippen LogP contribution in [0.4, 0.5) is 0 Å². The number of aryl methyl sites for hydroxylation is 4. The number of hydrogen-bond acceptors (Lipinski definition) is 10. The lowest BCUT2D eigenvalue weighted by Crippen LogP contribution is -2.41. The van der Waals surface area contributed by atoms with Gasteiger partial charge in [0.2, 0.25) is 0 Å². The van der Waals surface area contributed by atoms with Gasteiger partial charge in [0.05, 0.1) is 57.0 Å². The lowest BCUT2D eigenvalue weighted by Gasteiger charge is -2.32. The third-order valence-corrected chi connectivity index (χ3v) is 14.1. The molecule has 0 N–H and O–H groups in total. The predicted molar refractivity (Wildman–Crippen MR) is 252 cm³/mol. The van der Waals surface area contributed by atoms with Crippen molar-refractivity contribution in [2.75, 3.05) is 0 Å². The summed E-state index contributed by atoms with van der Waals surface area (Å²) < 4.78 is 41.2. The van der Waals surface area contributed by atoms with Gasteiger partial charge in [-0.3, -0.25) is 0 Å². The average molecular weight is 905 g/mol. The second kappa shape index (κ2) is 16.3. The van der Waals surface area contributed by atoms with Gasteiger partial charge in [0.1, 0.15) is 0 Å². The summed E-state index contributed by atoms with van der Waals surface area (Å²) in [5.41, 5.74) is 5.22. The number of benzene rings is 2. The molecule has 0 aliphatic carbocycles. The minimum absolute atomic E-state index is 0.360. The highest BCUT2D eigenvalue weighted by Crippen LogP contribution is 2.43. The number of aromatic nitrogens is 6. The molecular weight excluding hydrogens is 845 g/mol. The second-order valence-corrected chi connectivity index (χ2v) is 20.5. The van der Waals surface area contributed by atoms with Crippen LogP contribution >= 0.6 is 15.9 Å². The number of halogens is 1. The first-order chi connectivity index (χ1) is 28.7. The van der Waals surface area contributed by atoms with Crippen LogP contribution < -0.4 is 5.46 Å². The van der Waals surface area contributed by atoms with Gasteiger partial charge in [-0.2, -0.15) is 10.2 Å². The molecule has 12 nitrogen and oxygen atoms in total. The molecule has 3 fully saturated rings. The monoisotopic (exact) mass is 904 g/mol. The third kappa shape index (κ3) is 8.81. The maximum atomic E-state index is 6.25. The van der Waals surface area contributed by atoms with Crippen LogP contribution in [0.2, 0.25) is 0 Å². The highest BCUT2D eigenvalue weighted by molar-refractivity contribution is 9.10. The van der Waals surface area contributed by atoms with Crippen LogP contribution in [0.15, 0.2) is 77.5 Å². The summed E-state index contributed by atoms with van der Waals surface area (Å²) in [6, 6.07) is 20.3. The molecule has 3 saturated heterocycles. The molecule has 3 aliphatic rings. The lowest BCUT2D eigenvalue weighted by molar-refractivity contribution is 0.00578. The van der Waals surface area contributed by atoms with E-state index in [-0.39, 0.29) is 33.6 Å². The largest absolute Gasteiger partial charge is 0.495 e. The van der Waals surface area contributed by atoms with Crippen molar-refractivity contribution in [3.05, 3.63) is 100 Å². The maximum absolute atomic E-state index is 6.25. The van der Waals surface area contributed by atoms with Crippen molar-refractivity contribution in [1.29, 1.82) is 0 Å². The fraction of sp³-hybridized carbons (Fsp3) is 0.478. The summed E-state index contributed by atoms with van der Waals surface area (Å²) in [7, 11) is -1.34. The van der Waals surface area contributed by atoms with Gasteiger partial charge in [-0.05, 0) is 170 Å². The molecule has 0 atom stereocenters. The minimum Gasteiger partial charge on any atom is -0.405 e. The van der Waals surface area contributed by atoms with E-state index in [1.807, 2.05) is 127 Å². The smallest absolute Gasteiger partial charge is 0.405 e. The first-order valence-electron chi connectivity index (χ1n) is 21.3. The molecule has 0 saturated carbocycles. The molecule has 0 spiro atoms. The van der Waals surface area contributed by atoms with Gasteiger partial charge >= 0.3 is 21.1 Å². The van der Waals surface area contributed by atoms with Crippen molar-refractivity contribution in [3.8, 4) is 11.6 Å². The van der Waals surface area contributed by atoms with E-state index < -0.39 is 21.1 Å². The Bertz CT molecular complexity index is 2540. The average Bonchev–Trinajstić information content (AvgIpc) is 3.91. The van der Waals surface area contributed by atoms with Gasteiger partial charge in [-0.15, -0.1) is 0 Å². The minimum atomic E-state index is -0.476. The van der Waals surface area contributed by atoms with Crippen LogP contribution in [0.5, 0.6) is 0 Å². The van der Waals surface area contributed by atoms with E-state index in [1.54, 1.807) is 0 Å². The summed E-state index contributed by atoms with van der Waals surface area (Å²) in [6.45, 7) is 32.6. The SMILES string of the molecule is CC1(C)OB(B2OC(C)(C)C(C)(C)O2)OC1(C)C.Cc1cccc(-n2ncc3cc(C)c(B4OC(C)(C)C(C)(C)O4)cc32)n1.Cc1cccc(-n2ncc3cc(C)c(Br)cc32)n1. The van der Waals surface area contributed by atoms with Gasteiger partial charge in [0.25, 0.3) is 0 Å². The number of rotatable bonds is 4. The van der Waals surface area contributed by atoms with Crippen molar-refractivity contribution < 1.29 is 27.9 Å². The predicted octanol–water partition coefficient (Wildman–Crippen LogP) is 9.39. The Labute approximate surface area is 376 Å². The molecule has 3 aliphatic heterocycles. The summed E-state index contributed by atoms with van der Waals surface area (Å²) >= 11 is 3.56. The Morgan fingerprint density at radius 2 is 0.855 bits per heavy atom. The first kappa shape index (κ1) is 46.1. The maximum Gasteiger partial charge on any atom is 0.495 e. The van der Waals surface area contributed by atoms with Crippen LogP contribution in [-0.4, -0.2) is 84.3 Å². The van der Waals surface area contributed by atoms with Crippen molar-refractivity contribution in [2.45, 2.75) is 144 Å². The van der Waals surface area contributed by atoms with Crippen molar-refractivity contribution in [2.24, 2.45) is 0 Å². The molecule has 2 aromatic carbocycles. The van der Waals surface area contributed by atoms with Gasteiger partial charge in [0.15, 0.2) is 11.6 Å². The van der Waals surface area contributed by atoms with Crippen LogP contribution in [0.3, 0.4) is 0 Å². The Morgan fingerprint density at radius 3 is 1.26 bits per heavy atom. The molecule has 7 heterocycles. The van der Waals surface area contributed by atoms with Crippen molar-refractivity contribution >= 4 is 64.3 Å². The Kier molecular flexibility index (Phi) is 12.1. The Balaban J connectivity index is 0.000000144. The molecule has 62 heavy (non-hydrogen) atoms. The quantitative estimate of drug-likeness (QED) is 0.159. The first-order valence-corrected chi connectivity index (χ1v) is 22.1. The van der Waals surface area contributed by atoms with Crippen molar-refractivity contribution in [1.82, 2.24) is 29.5 Å². The molecule has 326 valence electrons. The molecule has 4 aromatic heterocycles. The normalized spacial score (nSPS) is 20.3. The molecule has 0 amide bonds. The number of pyridine rings is 2. The number of fused-ring (bicyclic) bond motifs is 2. The van der Waals surface area contributed by atoms with Crippen LogP contribution in [0.25, 0.3) is 33.4 Å². The Morgan fingerprint density at radius 1 is 0.484 bits per heavy atom. The third-order valence-electron chi connectivity index (χ3n) is 13.3. The van der Waals surface area contributed by atoms with E-state index in [9.17, 15) is 0 Å². The van der Waals surface area contributed by atoms with E-state index in [4.69, 9.17) is 27.9 Å². The van der Waals surface area contributed by atoms with Crippen LogP contribution in [-0.2, 0) is 27.9 Å². The van der Waals surface area contributed by atoms with Gasteiger partial charge in [-0.1, -0.05) is 33.6 Å². The topological polar surface area (TPSA) is 117 Å². The number of hydrogen-bond donors (Lipinski definition) is 0. The summed E-state index contributed by atoms with van der Waals surface area (Å²) in [5, 5.41) is 11.2. The van der Waals surface area contributed by atoms with E-state index in [0.717, 1.165) is 60.3 Å². The number of nitrogens with zero attached hydrogens (tertiary/aromatic N) is 6. The highest BCUT2D eigenvalue weighted by atomic mass is 79.9. The molecule has 9 rings (SSSR count). The molecule has 16 heteroatoms. The van der Waals surface area contributed by atoms with E-state index in [1.165, 1.54) is 5.56 Å². The zero-order valence-electron chi connectivity index (χ0n) is 39.2. The fourth-order valence-corrected chi connectivity index (χ4v) is 7.58. The van der Waals surface area contributed by atoms with E-state index in [0.29, 0.717) is 0 Å². The fourth-order valence-electron chi connectivity index (χ4n) is 7.25. The molecule has 6 aromatic rings. The summed E-state index contributed by atoms with van der Waals surface area (Å²) in [5.74, 6) is 1.66. The van der Waals surface area contributed by atoms with Gasteiger partial charge < -0.3 is 27.9 Å². The van der Waals surface area contributed by atoms with Gasteiger partial charge in [0, 0.05) is 26.6 Å². The van der Waals surface area contributed by atoms with Crippen molar-refractivity contribution in [3.63, 3.8) is 0 Å². The van der Waals surface area contributed by atoms with E-state index in [2.05, 4.69) is 102 Å². The zero-order valence-corrected chi connectivity index (χ0v) is 40.8. The molecule has 0 radical (unpaired) electrons. The lowest BCUT2D eigenvalue weighted by atomic mass is 9.49. The summed E-state index contributed by atoms with van der Waals surface area (Å²) in [6.07, 6.45) is 3.75. The Hall–Kier alpha value is -3.89. The standard InChI is InChI=1S/C20H24BN3O2.C14H12BrN3.C12H24B2O4/c1-13-10-15-12-22-24(18-9-7-8-14(2)23-18)17(15)11-16(13)21-25-19(3,4)20(5,6)26-21;1-9-6-11-8-16-18(13(11)7-12(9)15)14-5-3-4-10(2)17-14;1-9(2)10(3,4)16-13(15-9)14-17-11(5,6)12(7,8)18-14/h7-12H,1-6H3;3-8H,1-2H3;1-8H3. The summed E-state index contributed by atoms with van der Waals surface area (Å²) in [4.78, 5) is 9.10. The molecular formula is C46H60B3BrN6O6. The zero-order chi connectivity index (χ0) is 45.4. The second-order valence-electron chi connectivity index (χ2n) is 19.7. The highest BCUT2D eigenvalue weighted by Gasteiger charge is 2.63. The molecule has 0 bridgehead atoms.